The molecule has 0 heterocycles. The number of aromatic hydroxyl groups is 1. The fourth-order valence-corrected chi connectivity index (χ4v) is 3.25. The lowest BCUT2D eigenvalue weighted by atomic mass is 10.2. The van der Waals surface area contributed by atoms with Gasteiger partial charge in [-0.05, 0) is 57.3 Å². The summed E-state index contributed by atoms with van der Waals surface area (Å²) >= 11 is 3.83. The molecule has 0 radical (unpaired) electrons. The minimum Gasteiger partial charge on any atom is -0.506 e. The van der Waals surface area contributed by atoms with Crippen LogP contribution in [-0.2, 0) is 10.0 Å². The fraction of sp³-hybridized carbons (Fsp3) is 0.125. The van der Waals surface area contributed by atoms with Gasteiger partial charge in [-0.1, -0.05) is 0 Å². The molecule has 0 aromatic heterocycles. The van der Waals surface area contributed by atoms with E-state index in [0.717, 1.165) is 9.83 Å². The van der Waals surface area contributed by atoms with Crippen LogP contribution in [0.2, 0.25) is 0 Å². The van der Waals surface area contributed by atoms with E-state index < -0.39 is 15.9 Å². The third-order valence-electron chi connectivity index (χ3n) is 1.55. The van der Waals surface area contributed by atoms with Crippen LogP contribution in [0.5, 0.6) is 5.75 Å². The highest BCUT2D eigenvalue weighted by Crippen LogP contribution is 2.26. The van der Waals surface area contributed by atoms with Gasteiger partial charge in [0.2, 0.25) is 10.0 Å². The first-order valence-electron chi connectivity index (χ1n) is 3.91. The monoisotopic (exact) mass is 467 g/mol. The van der Waals surface area contributed by atoms with Gasteiger partial charge in [0, 0.05) is 3.57 Å². The molecule has 0 atom stereocenters. The number of carbonyl (C=O) groups is 1. The third kappa shape index (κ3) is 3.73. The average Bonchev–Trinajstić information content (AvgIpc) is 2.08. The van der Waals surface area contributed by atoms with Gasteiger partial charge < -0.3 is 5.11 Å². The van der Waals surface area contributed by atoms with Crippen molar-refractivity contribution in [3.05, 3.63) is 24.8 Å². The molecule has 0 aliphatic carbocycles. The highest BCUT2D eigenvalue weighted by Gasteiger charge is 2.17. The first kappa shape index (κ1) is 14.0. The lowest BCUT2D eigenvalue weighted by Gasteiger charge is -2.07. The van der Waals surface area contributed by atoms with Crippen LogP contribution in [-0.4, -0.2) is 25.7 Å². The maximum atomic E-state index is 11.5. The molecule has 0 unspecified atom stereocenters. The zero-order chi connectivity index (χ0) is 12.5. The van der Waals surface area contributed by atoms with Crippen LogP contribution in [0.15, 0.2) is 12.1 Å². The molecule has 1 aromatic carbocycles. The summed E-state index contributed by atoms with van der Waals surface area (Å²) < 4.78 is 24.8. The summed E-state index contributed by atoms with van der Waals surface area (Å²) in [5, 5.41) is 9.62. The Bertz CT molecular complexity index is 541. The summed E-state index contributed by atoms with van der Waals surface area (Å²) in [6.45, 7) is 0. The van der Waals surface area contributed by atoms with E-state index in [1.165, 1.54) is 6.07 Å². The maximum absolute atomic E-state index is 11.5. The van der Waals surface area contributed by atoms with Crippen molar-refractivity contribution in [3.63, 3.8) is 0 Å². The lowest BCUT2D eigenvalue weighted by Crippen LogP contribution is -2.29. The van der Waals surface area contributed by atoms with Crippen LogP contribution in [0.3, 0.4) is 0 Å². The molecule has 0 saturated heterocycles. The van der Waals surface area contributed by atoms with Crippen LogP contribution in [0.25, 0.3) is 0 Å². The van der Waals surface area contributed by atoms with Gasteiger partial charge in [0.15, 0.2) is 0 Å². The first-order valence-corrected chi connectivity index (χ1v) is 7.96. The Labute approximate surface area is 120 Å². The summed E-state index contributed by atoms with van der Waals surface area (Å²) in [5.41, 5.74) is -0.0540. The zero-order valence-corrected chi connectivity index (χ0v) is 13.1. The molecule has 16 heavy (non-hydrogen) atoms. The van der Waals surface area contributed by atoms with E-state index in [1.54, 1.807) is 10.8 Å². The van der Waals surface area contributed by atoms with Gasteiger partial charge in [-0.3, -0.25) is 4.79 Å². The Balaban J connectivity index is 3.19. The number of hydrogen-bond donors (Lipinski definition) is 2. The first-order chi connectivity index (χ1) is 7.20. The van der Waals surface area contributed by atoms with Crippen LogP contribution >= 0.6 is 45.2 Å². The number of sulfonamides is 1. The van der Waals surface area contributed by atoms with Gasteiger partial charge in [-0.25, -0.2) is 13.1 Å². The second-order valence-electron chi connectivity index (χ2n) is 2.99. The molecule has 1 amide bonds. The summed E-state index contributed by atoms with van der Waals surface area (Å²) in [7, 11) is -3.63. The van der Waals surface area contributed by atoms with E-state index in [0.29, 0.717) is 3.57 Å². The maximum Gasteiger partial charge on any atom is 0.268 e. The van der Waals surface area contributed by atoms with Gasteiger partial charge in [-0.15, -0.1) is 0 Å². The van der Waals surface area contributed by atoms with Crippen molar-refractivity contribution in [3.8, 4) is 5.75 Å². The summed E-state index contributed by atoms with van der Waals surface area (Å²) in [5.74, 6) is -1.06. The molecular formula is C8H7I2NO4S. The second kappa shape index (κ2) is 5.04. The summed E-state index contributed by atoms with van der Waals surface area (Å²) in [4.78, 5) is 11.5. The van der Waals surface area contributed by atoms with Gasteiger partial charge in [0.05, 0.1) is 15.4 Å². The van der Waals surface area contributed by atoms with Crippen LogP contribution in [0, 0.1) is 7.14 Å². The number of nitrogens with one attached hydrogen (secondary N) is 1. The van der Waals surface area contributed by atoms with E-state index in [2.05, 4.69) is 0 Å². The number of hydrogen-bond acceptors (Lipinski definition) is 4. The Morgan fingerprint density at radius 2 is 1.94 bits per heavy atom. The van der Waals surface area contributed by atoms with E-state index in [4.69, 9.17) is 0 Å². The average molecular weight is 467 g/mol. The SMILES string of the molecule is CS(=O)(=O)NC(=O)c1cc(I)cc(I)c1O. The second-order valence-corrected chi connectivity index (χ2v) is 7.14. The van der Waals surface area contributed by atoms with E-state index in [1.807, 2.05) is 45.2 Å². The summed E-state index contributed by atoms with van der Waals surface area (Å²) in [6.07, 6.45) is 0.876. The number of benzene rings is 1. The van der Waals surface area contributed by atoms with Crippen molar-refractivity contribution >= 4 is 61.1 Å². The van der Waals surface area contributed by atoms with Gasteiger partial charge in [0.1, 0.15) is 5.75 Å². The van der Waals surface area contributed by atoms with Crippen molar-refractivity contribution in [1.82, 2.24) is 4.72 Å². The summed E-state index contributed by atoms with van der Waals surface area (Å²) in [6, 6.07) is 3.09. The molecule has 0 aliphatic heterocycles. The van der Waals surface area contributed by atoms with Crippen LogP contribution in [0.4, 0.5) is 0 Å². The molecule has 2 N–H and O–H groups in total. The number of carbonyl (C=O) groups excluding carboxylic acids is 1. The molecule has 0 spiro atoms. The number of amides is 1. The molecule has 1 rings (SSSR count). The van der Waals surface area contributed by atoms with Gasteiger partial charge >= 0.3 is 0 Å². The Morgan fingerprint density at radius 3 is 2.44 bits per heavy atom. The quantitative estimate of drug-likeness (QED) is 0.643. The largest absolute Gasteiger partial charge is 0.506 e. The topological polar surface area (TPSA) is 83.5 Å². The van der Waals surface area contributed by atoms with Gasteiger partial charge in [0.25, 0.3) is 5.91 Å². The van der Waals surface area contributed by atoms with Crippen LogP contribution < -0.4 is 4.72 Å². The third-order valence-corrected chi connectivity index (χ3v) is 3.55. The zero-order valence-electron chi connectivity index (χ0n) is 7.99. The van der Waals surface area contributed by atoms with Gasteiger partial charge in [-0.2, -0.15) is 0 Å². The number of phenolic OH excluding ortho intramolecular Hbond substituents is 1. The van der Waals surface area contributed by atoms with E-state index in [9.17, 15) is 18.3 Å². The molecule has 5 nitrogen and oxygen atoms in total. The normalized spacial score (nSPS) is 11.2. The standard InChI is InChI=1S/C8H7I2NO4S/c1-16(14,15)11-8(13)5-2-4(9)3-6(10)7(5)12/h2-3,12H,1H3,(H,11,13). The van der Waals surface area contributed by atoms with Crippen LogP contribution in [0.1, 0.15) is 10.4 Å². The predicted molar refractivity (Wildman–Crippen MR) is 75.9 cm³/mol. The van der Waals surface area contributed by atoms with Crippen molar-refractivity contribution < 1.29 is 18.3 Å². The number of phenols is 1. The molecule has 0 fully saturated rings. The van der Waals surface area contributed by atoms with Crippen molar-refractivity contribution in [2.45, 2.75) is 0 Å². The highest BCUT2D eigenvalue weighted by atomic mass is 127. The highest BCUT2D eigenvalue weighted by molar-refractivity contribution is 14.1. The molecule has 0 aliphatic rings. The Kier molecular flexibility index (Phi) is 4.40. The molecule has 0 saturated carbocycles. The lowest BCUT2D eigenvalue weighted by molar-refractivity contribution is 0.0979. The predicted octanol–water partition coefficient (Wildman–Crippen LogP) is 1.29. The molecule has 0 bridgehead atoms. The number of halogens is 2. The minimum atomic E-state index is -3.63. The van der Waals surface area contributed by atoms with E-state index in [-0.39, 0.29) is 11.3 Å². The molecule has 8 heteroatoms. The van der Waals surface area contributed by atoms with Crippen molar-refractivity contribution in [2.75, 3.05) is 6.26 Å². The van der Waals surface area contributed by atoms with Crippen molar-refractivity contribution in [2.24, 2.45) is 0 Å². The fourth-order valence-electron chi connectivity index (χ4n) is 0.962. The molecule has 88 valence electrons. The molecular weight excluding hydrogens is 460 g/mol. The van der Waals surface area contributed by atoms with E-state index >= 15 is 0 Å². The smallest absolute Gasteiger partial charge is 0.268 e. The Morgan fingerprint density at radius 1 is 1.38 bits per heavy atom. The minimum absolute atomic E-state index is 0.0540. The Hall–Kier alpha value is -0.100. The molecule has 1 aromatic rings. The van der Waals surface area contributed by atoms with Crippen molar-refractivity contribution in [1.29, 1.82) is 0 Å². The number of rotatable bonds is 2.